The molecule has 2 aromatic heterocycles. The Morgan fingerprint density at radius 2 is 2.00 bits per heavy atom. The Hall–Kier alpha value is -3.33. The maximum absolute atomic E-state index is 13.1. The predicted molar refractivity (Wildman–Crippen MR) is 118 cm³/mol. The molecule has 1 aromatic carbocycles. The van der Waals surface area contributed by atoms with Gasteiger partial charge in [-0.2, -0.15) is 0 Å². The maximum Gasteiger partial charge on any atom is 0.296 e. The number of aromatic nitrogens is 2. The number of nitrogens with zero attached hydrogens (tertiary/aromatic N) is 2. The number of hydrogen-bond donors (Lipinski definition) is 2. The summed E-state index contributed by atoms with van der Waals surface area (Å²) in [5.74, 6) is -0.102. The molecule has 1 aliphatic rings. The smallest absolute Gasteiger partial charge is 0.296 e. The average molecular weight is 442 g/mol. The number of Topliss-reactive ketones (excluding diaryl/α,β-unsaturated/α-hetero) is 1. The van der Waals surface area contributed by atoms with E-state index in [4.69, 9.17) is 9.47 Å². The van der Waals surface area contributed by atoms with E-state index >= 15 is 0 Å². The highest BCUT2D eigenvalue weighted by Gasteiger charge is 2.46. The number of imidazole rings is 1. The van der Waals surface area contributed by atoms with Gasteiger partial charge >= 0.3 is 0 Å². The second-order valence-electron chi connectivity index (χ2n) is 7.66. The summed E-state index contributed by atoms with van der Waals surface area (Å²) in [5, 5.41) is 12.5. The van der Waals surface area contributed by atoms with E-state index in [1.54, 1.807) is 12.1 Å². The summed E-state index contributed by atoms with van der Waals surface area (Å²) >= 11 is 1.41. The minimum Gasteiger partial charge on any atom is -0.503 e. The summed E-state index contributed by atoms with van der Waals surface area (Å²) in [6, 6.07) is 6.36. The number of H-pyrrole nitrogens is 1. The predicted octanol–water partition coefficient (Wildman–Crippen LogP) is 4.16. The topological polar surface area (TPSA) is 105 Å². The number of thiophene rings is 1. The molecule has 1 atom stereocenters. The van der Waals surface area contributed by atoms with Crippen LogP contribution in [0.4, 0.5) is 5.95 Å². The molecule has 1 unspecified atom stereocenters. The van der Waals surface area contributed by atoms with Crippen LogP contribution in [0.15, 0.2) is 41.0 Å². The second kappa shape index (κ2) is 8.07. The first-order chi connectivity index (χ1) is 14.8. The van der Waals surface area contributed by atoms with Gasteiger partial charge in [-0.25, -0.2) is 4.98 Å². The molecular formula is C22H23N3O5S. The molecule has 162 valence electrons. The van der Waals surface area contributed by atoms with Crippen LogP contribution in [0.1, 0.15) is 31.2 Å². The van der Waals surface area contributed by atoms with Crippen molar-refractivity contribution in [2.75, 3.05) is 19.1 Å². The Kier molecular flexibility index (Phi) is 5.45. The van der Waals surface area contributed by atoms with Crippen molar-refractivity contribution in [3.05, 3.63) is 45.9 Å². The van der Waals surface area contributed by atoms with Gasteiger partial charge in [-0.1, -0.05) is 19.9 Å². The fourth-order valence-corrected chi connectivity index (χ4v) is 4.57. The number of methoxy groups -OCH3 is 2. The highest BCUT2D eigenvalue weighted by Crippen LogP contribution is 2.43. The van der Waals surface area contributed by atoms with E-state index in [-0.39, 0.29) is 29.6 Å². The van der Waals surface area contributed by atoms with Gasteiger partial charge in [0.15, 0.2) is 23.0 Å². The zero-order valence-corrected chi connectivity index (χ0v) is 18.4. The third kappa shape index (κ3) is 3.54. The van der Waals surface area contributed by atoms with Crippen LogP contribution in [0.2, 0.25) is 0 Å². The number of hydrogen-bond acceptors (Lipinski definition) is 7. The SMILES string of the molecule is COc1cc2nc(N3C(=O)C(O)=C(C(=O)CC(C)C)C3c3cccs3)[nH]c2cc1OC. The Morgan fingerprint density at radius 1 is 1.29 bits per heavy atom. The zero-order valence-electron chi connectivity index (χ0n) is 17.6. The van der Waals surface area contributed by atoms with Crippen LogP contribution in [-0.4, -0.2) is 41.0 Å². The summed E-state index contributed by atoms with van der Waals surface area (Å²) in [7, 11) is 3.06. The van der Waals surface area contributed by atoms with E-state index < -0.39 is 17.7 Å². The number of anilines is 1. The van der Waals surface area contributed by atoms with Crippen LogP contribution < -0.4 is 14.4 Å². The fourth-order valence-electron chi connectivity index (χ4n) is 3.74. The van der Waals surface area contributed by atoms with Gasteiger partial charge in [-0.05, 0) is 17.4 Å². The Balaban J connectivity index is 1.84. The van der Waals surface area contributed by atoms with Crippen molar-refractivity contribution in [3.63, 3.8) is 0 Å². The molecule has 9 heteroatoms. The normalized spacial score (nSPS) is 16.6. The molecule has 1 amide bonds. The van der Waals surface area contributed by atoms with E-state index in [1.807, 2.05) is 31.4 Å². The number of aliphatic hydroxyl groups is 1. The van der Waals surface area contributed by atoms with Crippen molar-refractivity contribution >= 4 is 40.0 Å². The number of aliphatic hydroxyl groups excluding tert-OH is 1. The number of aromatic amines is 1. The quantitative estimate of drug-likeness (QED) is 0.571. The molecule has 0 saturated carbocycles. The Labute approximate surface area is 183 Å². The molecule has 0 fully saturated rings. The van der Waals surface area contributed by atoms with E-state index in [1.165, 1.54) is 30.5 Å². The summed E-state index contributed by atoms with van der Waals surface area (Å²) < 4.78 is 10.7. The van der Waals surface area contributed by atoms with Gasteiger partial charge in [0.05, 0.1) is 30.8 Å². The number of benzene rings is 1. The number of fused-ring (bicyclic) bond motifs is 1. The van der Waals surface area contributed by atoms with Crippen molar-refractivity contribution in [2.24, 2.45) is 5.92 Å². The number of carbonyl (C=O) groups excluding carboxylic acids is 2. The molecule has 0 spiro atoms. The standard InChI is InChI=1S/C22H23N3O5S/c1-11(2)8-14(26)18-19(17-6-5-7-31-17)25(21(28)20(18)27)22-23-12-9-15(29-3)16(30-4)10-13(12)24-22/h5-7,9-11,19,27H,8H2,1-4H3,(H,23,24). The Bertz CT molecular complexity index is 1140. The molecule has 4 rings (SSSR count). The molecular weight excluding hydrogens is 418 g/mol. The largest absolute Gasteiger partial charge is 0.503 e. The van der Waals surface area contributed by atoms with Gasteiger partial charge < -0.3 is 19.6 Å². The van der Waals surface area contributed by atoms with Crippen molar-refractivity contribution in [3.8, 4) is 11.5 Å². The first kappa shape index (κ1) is 20.9. The number of rotatable bonds is 7. The molecule has 1 aliphatic heterocycles. The van der Waals surface area contributed by atoms with E-state index in [2.05, 4.69) is 9.97 Å². The van der Waals surface area contributed by atoms with E-state index in [9.17, 15) is 14.7 Å². The van der Waals surface area contributed by atoms with Crippen LogP contribution in [-0.2, 0) is 9.59 Å². The van der Waals surface area contributed by atoms with Crippen molar-refractivity contribution in [1.29, 1.82) is 0 Å². The van der Waals surface area contributed by atoms with Crippen LogP contribution in [0.25, 0.3) is 11.0 Å². The van der Waals surface area contributed by atoms with Gasteiger partial charge in [0.2, 0.25) is 5.95 Å². The van der Waals surface area contributed by atoms with Gasteiger partial charge in [0, 0.05) is 23.4 Å². The van der Waals surface area contributed by atoms with Crippen molar-refractivity contribution < 1.29 is 24.2 Å². The molecule has 3 heterocycles. The molecule has 0 bridgehead atoms. The fraction of sp³-hybridized carbons (Fsp3) is 0.318. The first-order valence-electron chi connectivity index (χ1n) is 9.80. The molecule has 31 heavy (non-hydrogen) atoms. The van der Waals surface area contributed by atoms with Crippen LogP contribution in [0, 0.1) is 5.92 Å². The number of nitrogens with one attached hydrogen (secondary N) is 1. The zero-order chi connectivity index (χ0) is 22.3. The van der Waals surface area contributed by atoms with E-state index in [0.717, 1.165) is 4.88 Å². The second-order valence-corrected chi connectivity index (χ2v) is 8.64. The third-order valence-electron chi connectivity index (χ3n) is 5.12. The minimum atomic E-state index is -0.747. The Morgan fingerprint density at radius 3 is 2.61 bits per heavy atom. The highest BCUT2D eigenvalue weighted by molar-refractivity contribution is 7.10. The van der Waals surface area contributed by atoms with Gasteiger partial charge in [0.25, 0.3) is 5.91 Å². The van der Waals surface area contributed by atoms with Crippen LogP contribution in [0.3, 0.4) is 0 Å². The lowest BCUT2D eigenvalue weighted by atomic mass is 9.95. The van der Waals surface area contributed by atoms with Crippen molar-refractivity contribution in [2.45, 2.75) is 26.3 Å². The average Bonchev–Trinajstić information content (AvgIpc) is 3.44. The molecule has 2 N–H and O–H groups in total. The summed E-state index contributed by atoms with van der Waals surface area (Å²) in [5.41, 5.74) is 1.30. The number of amides is 1. The summed E-state index contributed by atoms with van der Waals surface area (Å²) in [6.07, 6.45) is 0.233. The van der Waals surface area contributed by atoms with Crippen LogP contribution >= 0.6 is 11.3 Å². The lowest BCUT2D eigenvalue weighted by molar-refractivity contribution is -0.118. The van der Waals surface area contributed by atoms with Gasteiger partial charge in [-0.15, -0.1) is 11.3 Å². The molecule has 8 nitrogen and oxygen atoms in total. The number of carbonyl (C=O) groups is 2. The number of ketones is 1. The molecule has 0 saturated heterocycles. The third-order valence-corrected chi connectivity index (χ3v) is 6.04. The summed E-state index contributed by atoms with van der Waals surface area (Å²) in [4.78, 5) is 35.8. The maximum atomic E-state index is 13.1. The lowest BCUT2D eigenvalue weighted by Gasteiger charge is -2.23. The highest BCUT2D eigenvalue weighted by atomic mass is 32.1. The number of ether oxygens (including phenoxy) is 2. The van der Waals surface area contributed by atoms with Crippen LogP contribution in [0.5, 0.6) is 11.5 Å². The minimum absolute atomic E-state index is 0.0899. The first-order valence-corrected chi connectivity index (χ1v) is 10.7. The monoisotopic (exact) mass is 441 g/mol. The summed E-state index contributed by atoms with van der Waals surface area (Å²) in [6.45, 7) is 3.84. The lowest BCUT2D eigenvalue weighted by Crippen LogP contribution is -2.31. The van der Waals surface area contributed by atoms with Crippen molar-refractivity contribution in [1.82, 2.24) is 9.97 Å². The molecule has 0 aliphatic carbocycles. The van der Waals surface area contributed by atoms with Gasteiger partial charge in [-0.3, -0.25) is 14.5 Å². The van der Waals surface area contributed by atoms with Gasteiger partial charge in [0.1, 0.15) is 6.04 Å². The molecule has 3 aromatic rings. The van der Waals surface area contributed by atoms with E-state index in [0.29, 0.717) is 22.5 Å². The molecule has 0 radical (unpaired) electrons.